The highest BCUT2D eigenvalue weighted by molar-refractivity contribution is 7.56. The van der Waals surface area contributed by atoms with Gasteiger partial charge in [-0.15, -0.1) is 0 Å². The van der Waals surface area contributed by atoms with Gasteiger partial charge in [0.25, 0.3) is 0 Å². The number of nitrogens with zero attached hydrogens (tertiary/aromatic N) is 1. The van der Waals surface area contributed by atoms with E-state index in [0.29, 0.717) is 5.56 Å². The molecule has 0 saturated carbocycles. The molecule has 0 aliphatic rings. The van der Waals surface area contributed by atoms with Crippen molar-refractivity contribution in [3.8, 4) is 0 Å². The monoisotopic (exact) mass is 342 g/mol. The molecule has 4 nitrogen and oxygen atoms in total. The predicted molar refractivity (Wildman–Crippen MR) is 93.5 cm³/mol. The van der Waals surface area contributed by atoms with Gasteiger partial charge in [0.2, 0.25) is 7.94 Å². The third-order valence-electron chi connectivity index (χ3n) is 4.12. The summed E-state index contributed by atoms with van der Waals surface area (Å²) in [4.78, 5) is 28.8. The smallest absolute Gasteiger partial charge is 0.234 e. The second-order valence-electron chi connectivity index (χ2n) is 6.45. The van der Waals surface area contributed by atoms with Gasteiger partial charge in [-0.05, 0) is 6.42 Å². The van der Waals surface area contributed by atoms with Crippen LogP contribution >= 0.6 is 7.94 Å². The van der Waals surface area contributed by atoms with Crippen molar-refractivity contribution >= 4 is 7.94 Å². The molecule has 23 heavy (non-hydrogen) atoms. The van der Waals surface area contributed by atoms with Gasteiger partial charge in [0.1, 0.15) is 12.7 Å². The summed E-state index contributed by atoms with van der Waals surface area (Å²) in [5.74, 6) is 0. The Morgan fingerprint density at radius 3 is 1.83 bits per heavy atom. The zero-order valence-corrected chi connectivity index (χ0v) is 15.4. The highest BCUT2D eigenvalue weighted by atomic mass is 31.2. The van der Waals surface area contributed by atoms with E-state index in [1.54, 1.807) is 12.1 Å². The number of aryl methyl sites for hydroxylation is 1. The van der Waals surface area contributed by atoms with Crippen molar-refractivity contribution in [3.05, 3.63) is 30.1 Å². The maximum Gasteiger partial charge on any atom is 0.234 e. The van der Waals surface area contributed by atoms with E-state index in [0.717, 1.165) is 6.54 Å². The van der Waals surface area contributed by atoms with E-state index in [9.17, 15) is 4.89 Å². The molecule has 0 radical (unpaired) electrons. The Balaban J connectivity index is 2.03. The van der Waals surface area contributed by atoms with Gasteiger partial charge in [-0.3, -0.25) is 0 Å². The van der Waals surface area contributed by atoms with Crippen LogP contribution in [0.5, 0.6) is 0 Å². The van der Waals surface area contributed by atoms with Crippen LogP contribution in [0.25, 0.3) is 0 Å². The topological polar surface area (TPSA) is 67.4 Å². The first-order valence-corrected chi connectivity index (χ1v) is 10.8. The van der Waals surface area contributed by atoms with Crippen molar-refractivity contribution in [1.29, 1.82) is 0 Å². The van der Waals surface area contributed by atoms with E-state index in [1.165, 1.54) is 64.2 Å². The molecule has 0 aliphatic heterocycles. The molecule has 0 unspecified atom stereocenters. The van der Waals surface area contributed by atoms with Crippen molar-refractivity contribution in [3.63, 3.8) is 0 Å². The zero-order chi connectivity index (χ0) is 17.0. The molecule has 0 amide bonds. The third kappa shape index (κ3) is 11.6. The average Bonchev–Trinajstić information content (AvgIpc) is 2.49. The molecule has 0 spiro atoms. The standard InChI is InChI=1S/C18H32NO3P/c1-2-3-4-5-6-7-8-9-10-11-14-19-15-12-18(13-16-19)17-23(20,21)22/h12-13,15-16H,2-11,14,17H2,1H3,(H-,20,21,22)/p+1. The summed E-state index contributed by atoms with van der Waals surface area (Å²) in [5.41, 5.74) is 0.692. The quantitative estimate of drug-likeness (QED) is 0.327. The summed E-state index contributed by atoms with van der Waals surface area (Å²) >= 11 is 0. The third-order valence-corrected chi connectivity index (χ3v) is 4.90. The molecule has 0 fully saturated rings. The number of rotatable bonds is 13. The summed E-state index contributed by atoms with van der Waals surface area (Å²) < 4.78 is 2.09. The molecule has 132 valence electrons. The van der Waals surface area contributed by atoms with Crippen LogP contribution < -0.4 is 9.46 Å². The molecular formula is C18H33NO3P+. The maximum atomic E-state index is 10.9. The van der Waals surface area contributed by atoms with Crippen molar-refractivity contribution in [2.24, 2.45) is 0 Å². The van der Waals surface area contributed by atoms with Gasteiger partial charge in [0, 0.05) is 24.1 Å². The summed E-state index contributed by atoms with van der Waals surface area (Å²) in [7, 11) is -3.96. The Kier molecular flexibility index (Phi) is 10.6. The lowest BCUT2D eigenvalue weighted by Crippen LogP contribution is -2.32. The molecule has 0 aromatic carbocycles. The van der Waals surface area contributed by atoms with Gasteiger partial charge in [0.05, 0.1) is 0 Å². The number of hydrogen-bond donors (Lipinski definition) is 2. The van der Waals surface area contributed by atoms with E-state index in [-0.39, 0.29) is 6.16 Å². The van der Waals surface area contributed by atoms with Crippen LogP contribution in [0.3, 0.4) is 0 Å². The van der Waals surface area contributed by atoms with Gasteiger partial charge in [0.15, 0.2) is 12.4 Å². The van der Waals surface area contributed by atoms with E-state index in [4.69, 9.17) is 9.79 Å². The first kappa shape index (κ1) is 20.5. The largest absolute Gasteiger partial charge is 0.632 e. The van der Waals surface area contributed by atoms with E-state index in [1.807, 2.05) is 12.4 Å². The van der Waals surface area contributed by atoms with Gasteiger partial charge in [-0.25, -0.2) is 14.4 Å². The van der Waals surface area contributed by atoms with Crippen LogP contribution in [0.15, 0.2) is 24.5 Å². The van der Waals surface area contributed by atoms with Crippen LogP contribution in [-0.4, -0.2) is 9.79 Å². The Bertz CT molecular complexity index is 404. The minimum Gasteiger partial charge on any atom is -0.632 e. The fraction of sp³-hybridized carbons (Fsp3) is 0.722. The fourth-order valence-corrected chi connectivity index (χ4v) is 3.45. The maximum absolute atomic E-state index is 10.9. The van der Waals surface area contributed by atoms with Crippen LogP contribution in [0.4, 0.5) is 0 Å². The normalized spacial score (nSPS) is 11.8. The van der Waals surface area contributed by atoms with Crippen LogP contribution in [0, 0.1) is 0 Å². The zero-order valence-electron chi connectivity index (χ0n) is 14.5. The first-order chi connectivity index (χ1) is 11.0. The van der Waals surface area contributed by atoms with Gasteiger partial charge in [-0.2, -0.15) is 0 Å². The van der Waals surface area contributed by atoms with E-state index in [2.05, 4.69) is 11.5 Å². The van der Waals surface area contributed by atoms with E-state index >= 15 is 0 Å². The number of hydrogen-bond acceptors (Lipinski definition) is 3. The lowest BCUT2D eigenvalue weighted by Gasteiger charge is -2.14. The number of pyridine rings is 1. The first-order valence-electron chi connectivity index (χ1n) is 9.04. The number of aromatic nitrogens is 1. The molecule has 1 heterocycles. The van der Waals surface area contributed by atoms with Crippen LogP contribution in [0.1, 0.15) is 76.7 Å². The molecule has 0 aliphatic carbocycles. The van der Waals surface area contributed by atoms with Gasteiger partial charge < -0.3 is 4.89 Å². The lowest BCUT2D eigenvalue weighted by molar-refractivity contribution is -0.697. The second-order valence-corrected chi connectivity index (χ2v) is 8.09. The Morgan fingerprint density at radius 1 is 0.870 bits per heavy atom. The fourth-order valence-electron chi connectivity index (χ4n) is 2.76. The second kappa shape index (κ2) is 11.9. The highest BCUT2D eigenvalue weighted by Gasteiger charge is 2.19. The average molecular weight is 342 g/mol. The van der Waals surface area contributed by atoms with Crippen molar-refractivity contribution in [2.75, 3.05) is 0 Å². The summed E-state index contributed by atoms with van der Waals surface area (Å²) in [6.07, 6.45) is 17.0. The SMILES string of the molecule is CCCCCCCCCCCC[n+]1ccc(C[P+]([O-])(O)O)cc1. The molecule has 0 saturated heterocycles. The summed E-state index contributed by atoms with van der Waals surface area (Å²) in [5, 5.41) is 0. The summed E-state index contributed by atoms with van der Waals surface area (Å²) in [6.45, 7) is 3.23. The summed E-state index contributed by atoms with van der Waals surface area (Å²) in [6, 6.07) is 3.60. The number of unbranched alkanes of at least 4 members (excludes halogenated alkanes) is 9. The molecule has 2 N–H and O–H groups in total. The van der Waals surface area contributed by atoms with Crippen molar-refractivity contribution < 1.29 is 19.2 Å². The van der Waals surface area contributed by atoms with Crippen molar-refractivity contribution in [2.45, 2.75) is 83.8 Å². The molecule has 5 heteroatoms. The minimum atomic E-state index is -3.96. The predicted octanol–water partition coefficient (Wildman–Crippen LogP) is 3.50. The van der Waals surface area contributed by atoms with E-state index < -0.39 is 7.94 Å². The highest BCUT2D eigenvalue weighted by Crippen LogP contribution is 2.42. The molecule has 0 atom stereocenters. The minimum absolute atomic E-state index is 0.175. The van der Waals surface area contributed by atoms with Crippen molar-refractivity contribution in [1.82, 2.24) is 0 Å². The van der Waals surface area contributed by atoms with Crippen LogP contribution in [-0.2, 0) is 12.7 Å². The molecule has 1 aromatic rings. The molecule has 1 aromatic heterocycles. The van der Waals surface area contributed by atoms with Crippen LogP contribution in [0.2, 0.25) is 0 Å². The van der Waals surface area contributed by atoms with Gasteiger partial charge in [-0.1, -0.05) is 58.3 Å². The lowest BCUT2D eigenvalue weighted by atomic mass is 10.1. The Hall–Kier alpha value is -0.540. The Morgan fingerprint density at radius 2 is 1.35 bits per heavy atom. The molecular weight excluding hydrogens is 309 g/mol. The van der Waals surface area contributed by atoms with Gasteiger partial charge >= 0.3 is 0 Å². The molecule has 0 bridgehead atoms. The molecule has 1 rings (SSSR count). The Labute approximate surface area is 141 Å².